The molecule has 0 radical (unpaired) electrons. The highest BCUT2D eigenvalue weighted by molar-refractivity contribution is 5.89. The zero-order chi connectivity index (χ0) is 14.5. The predicted octanol–water partition coefficient (Wildman–Crippen LogP) is 1.46. The molecule has 5 heteroatoms. The molecular formula is C15H19NO4. The summed E-state index contributed by atoms with van der Waals surface area (Å²) in [7, 11) is 1.63. The number of benzene rings is 1. The van der Waals surface area contributed by atoms with Gasteiger partial charge in [0.25, 0.3) is 0 Å². The molecule has 1 saturated carbocycles. The predicted molar refractivity (Wildman–Crippen MR) is 73.6 cm³/mol. The van der Waals surface area contributed by atoms with E-state index in [1.54, 1.807) is 7.11 Å². The molecule has 1 amide bonds. The number of methoxy groups -OCH3 is 1. The maximum absolute atomic E-state index is 11.6. The average Bonchev–Trinajstić information content (AvgIpc) is 3.24. The third-order valence-corrected chi connectivity index (χ3v) is 3.54. The van der Waals surface area contributed by atoms with Crippen molar-refractivity contribution < 1.29 is 19.4 Å². The summed E-state index contributed by atoms with van der Waals surface area (Å²) in [4.78, 5) is 22.3. The third kappa shape index (κ3) is 3.73. The lowest BCUT2D eigenvalue weighted by Crippen LogP contribution is -2.27. The number of carbonyl (C=O) groups excluding carboxylic acids is 1. The van der Waals surface area contributed by atoms with Gasteiger partial charge in [-0.25, -0.2) is 0 Å². The fourth-order valence-electron chi connectivity index (χ4n) is 2.19. The lowest BCUT2D eigenvalue weighted by atomic mass is 10.1. The van der Waals surface area contributed by atoms with E-state index in [9.17, 15) is 9.59 Å². The van der Waals surface area contributed by atoms with Crippen molar-refractivity contribution in [3.8, 4) is 5.75 Å². The van der Waals surface area contributed by atoms with Gasteiger partial charge in [-0.15, -0.1) is 0 Å². The molecule has 20 heavy (non-hydrogen) atoms. The molecule has 2 N–H and O–H groups in total. The number of carboxylic acids is 1. The van der Waals surface area contributed by atoms with E-state index in [-0.39, 0.29) is 11.8 Å². The Hall–Kier alpha value is -2.04. The van der Waals surface area contributed by atoms with Crippen LogP contribution in [0.4, 0.5) is 0 Å². The molecule has 2 rings (SSSR count). The number of rotatable bonds is 7. The third-order valence-electron chi connectivity index (χ3n) is 3.54. The first-order valence-corrected chi connectivity index (χ1v) is 6.75. The number of hydrogen-bond acceptors (Lipinski definition) is 3. The topological polar surface area (TPSA) is 75.6 Å². The molecule has 1 aliphatic carbocycles. The van der Waals surface area contributed by atoms with Crippen molar-refractivity contribution >= 4 is 11.9 Å². The van der Waals surface area contributed by atoms with E-state index >= 15 is 0 Å². The van der Waals surface area contributed by atoms with Crippen molar-refractivity contribution in [2.75, 3.05) is 13.7 Å². The second-order valence-corrected chi connectivity index (χ2v) is 5.03. The lowest BCUT2D eigenvalue weighted by Gasteiger charge is -2.05. The van der Waals surface area contributed by atoms with Crippen molar-refractivity contribution in [1.29, 1.82) is 0 Å². The zero-order valence-corrected chi connectivity index (χ0v) is 11.5. The van der Waals surface area contributed by atoms with Gasteiger partial charge in [-0.3, -0.25) is 9.59 Å². The molecule has 0 spiro atoms. The number of ether oxygens (including phenoxy) is 1. The van der Waals surface area contributed by atoms with Crippen LogP contribution < -0.4 is 10.1 Å². The van der Waals surface area contributed by atoms with E-state index in [2.05, 4.69) is 5.32 Å². The molecule has 0 aromatic heterocycles. The molecule has 1 aromatic rings. The summed E-state index contributed by atoms with van der Waals surface area (Å²) < 4.78 is 5.08. The molecule has 5 nitrogen and oxygen atoms in total. The molecule has 1 aliphatic rings. The van der Waals surface area contributed by atoms with Gasteiger partial charge in [0, 0.05) is 6.54 Å². The molecular weight excluding hydrogens is 258 g/mol. The summed E-state index contributed by atoms with van der Waals surface area (Å²) in [5.74, 6) is -0.976. The van der Waals surface area contributed by atoms with Crippen molar-refractivity contribution in [1.82, 2.24) is 5.32 Å². The van der Waals surface area contributed by atoms with Gasteiger partial charge in [0.05, 0.1) is 18.9 Å². The smallest absolute Gasteiger partial charge is 0.307 e. The number of amides is 1. The Labute approximate surface area is 117 Å². The summed E-state index contributed by atoms with van der Waals surface area (Å²) in [6.45, 7) is 0.577. The summed E-state index contributed by atoms with van der Waals surface area (Å²) in [6, 6.07) is 7.83. The monoisotopic (exact) mass is 277 g/mol. The molecule has 0 aliphatic heterocycles. The Morgan fingerprint density at radius 1 is 1.30 bits per heavy atom. The fraction of sp³-hybridized carbons (Fsp3) is 0.467. The van der Waals surface area contributed by atoms with Gasteiger partial charge in [0.2, 0.25) is 5.91 Å². The van der Waals surface area contributed by atoms with E-state index in [1.807, 2.05) is 24.3 Å². The molecule has 2 unspecified atom stereocenters. The van der Waals surface area contributed by atoms with Gasteiger partial charge in [-0.2, -0.15) is 0 Å². The maximum atomic E-state index is 11.6. The number of nitrogens with one attached hydrogen (secondary N) is 1. The van der Waals surface area contributed by atoms with Crippen molar-refractivity contribution in [3.05, 3.63) is 29.8 Å². The molecule has 108 valence electrons. The van der Waals surface area contributed by atoms with Crippen LogP contribution in [0.15, 0.2) is 24.3 Å². The standard InChI is InChI=1S/C15H19NO4/c1-20-11-6-4-10(5-7-11)3-2-8-16-14(17)12-9-13(12)15(18)19/h4-7,12-13H,2-3,8-9H2,1H3,(H,16,17)(H,18,19). The van der Waals surface area contributed by atoms with Gasteiger partial charge in [-0.1, -0.05) is 12.1 Å². The first-order chi connectivity index (χ1) is 9.61. The largest absolute Gasteiger partial charge is 0.497 e. The van der Waals surface area contributed by atoms with Gasteiger partial charge in [-0.05, 0) is 37.0 Å². The Balaban J connectivity index is 1.64. The van der Waals surface area contributed by atoms with E-state index in [4.69, 9.17) is 9.84 Å². The van der Waals surface area contributed by atoms with Crippen LogP contribution >= 0.6 is 0 Å². The quantitative estimate of drug-likeness (QED) is 0.740. The number of hydrogen-bond donors (Lipinski definition) is 2. The second kappa shape index (κ2) is 6.41. The Morgan fingerprint density at radius 2 is 2.00 bits per heavy atom. The van der Waals surface area contributed by atoms with E-state index in [1.165, 1.54) is 5.56 Å². The van der Waals surface area contributed by atoms with E-state index < -0.39 is 11.9 Å². The van der Waals surface area contributed by atoms with Crippen LogP contribution in [0, 0.1) is 11.8 Å². The van der Waals surface area contributed by atoms with Crippen LogP contribution in [0.3, 0.4) is 0 Å². The maximum Gasteiger partial charge on any atom is 0.307 e. The lowest BCUT2D eigenvalue weighted by molar-refractivity contribution is -0.140. The first-order valence-electron chi connectivity index (χ1n) is 6.75. The fourth-order valence-corrected chi connectivity index (χ4v) is 2.19. The molecule has 1 aromatic carbocycles. The van der Waals surface area contributed by atoms with Crippen molar-refractivity contribution in [3.63, 3.8) is 0 Å². The minimum Gasteiger partial charge on any atom is -0.497 e. The number of aliphatic carboxylic acids is 1. The molecule has 2 atom stereocenters. The molecule has 0 bridgehead atoms. The van der Waals surface area contributed by atoms with Crippen LogP contribution in [0.25, 0.3) is 0 Å². The van der Waals surface area contributed by atoms with Gasteiger partial charge < -0.3 is 15.2 Å². The van der Waals surface area contributed by atoms with Crippen LogP contribution in [0.2, 0.25) is 0 Å². The Morgan fingerprint density at radius 3 is 2.55 bits per heavy atom. The van der Waals surface area contributed by atoms with Crippen LogP contribution in [-0.4, -0.2) is 30.6 Å². The molecule has 1 fully saturated rings. The van der Waals surface area contributed by atoms with E-state index in [0.29, 0.717) is 13.0 Å². The number of aryl methyl sites for hydroxylation is 1. The highest BCUT2D eigenvalue weighted by atomic mass is 16.5. The number of carbonyl (C=O) groups is 2. The molecule has 0 saturated heterocycles. The highest BCUT2D eigenvalue weighted by Crippen LogP contribution is 2.38. The van der Waals surface area contributed by atoms with Crippen LogP contribution in [0.1, 0.15) is 18.4 Å². The van der Waals surface area contributed by atoms with E-state index in [0.717, 1.165) is 18.6 Å². The minimum atomic E-state index is -0.872. The summed E-state index contributed by atoms with van der Waals surface area (Å²) >= 11 is 0. The normalized spacial score (nSPS) is 20.2. The van der Waals surface area contributed by atoms with Gasteiger partial charge >= 0.3 is 5.97 Å². The van der Waals surface area contributed by atoms with Gasteiger partial charge in [0.1, 0.15) is 5.75 Å². The van der Waals surface area contributed by atoms with Crippen LogP contribution in [0.5, 0.6) is 5.75 Å². The number of carboxylic acid groups (broad SMARTS) is 1. The van der Waals surface area contributed by atoms with Crippen LogP contribution in [-0.2, 0) is 16.0 Å². The zero-order valence-electron chi connectivity index (χ0n) is 11.5. The summed E-state index contributed by atoms with van der Waals surface area (Å²) in [5, 5.41) is 11.5. The Bertz CT molecular complexity index is 483. The first kappa shape index (κ1) is 14.4. The SMILES string of the molecule is COc1ccc(CCCNC(=O)C2CC2C(=O)O)cc1. The van der Waals surface area contributed by atoms with Gasteiger partial charge in [0.15, 0.2) is 0 Å². The summed E-state index contributed by atoms with van der Waals surface area (Å²) in [5.41, 5.74) is 1.19. The second-order valence-electron chi connectivity index (χ2n) is 5.03. The Kier molecular flexibility index (Phi) is 4.61. The average molecular weight is 277 g/mol. The minimum absolute atomic E-state index is 0.132. The highest BCUT2D eigenvalue weighted by Gasteiger charge is 2.48. The summed E-state index contributed by atoms with van der Waals surface area (Å²) in [6.07, 6.45) is 2.18. The van der Waals surface area contributed by atoms with Crippen molar-refractivity contribution in [2.45, 2.75) is 19.3 Å². The molecule has 0 heterocycles. The van der Waals surface area contributed by atoms with Crippen molar-refractivity contribution in [2.24, 2.45) is 11.8 Å².